The Morgan fingerprint density at radius 3 is 2.49 bits per heavy atom. The monoisotopic (exact) mass is 515 g/mol. The van der Waals surface area contributed by atoms with E-state index in [1.165, 1.54) is 0 Å². The van der Waals surface area contributed by atoms with Crippen LogP contribution in [0.5, 0.6) is 0 Å². The molecule has 37 heavy (non-hydrogen) atoms. The number of carbonyl (C=O) groups is 3. The summed E-state index contributed by atoms with van der Waals surface area (Å²) in [5.41, 5.74) is 2.75. The fraction of sp³-hybridized carbons (Fsp3) is 0.767. The Labute approximate surface area is 220 Å². The number of ketones is 2. The lowest BCUT2D eigenvalue weighted by Crippen LogP contribution is -2.63. The molecule has 4 aliphatic rings. The lowest BCUT2D eigenvalue weighted by atomic mass is 9.46. The average molecular weight is 516 g/mol. The zero-order chi connectivity index (χ0) is 27.8. The molecule has 0 aromatic heterocycles. The zero-order valence-electron chi connectivity index (χ0n) is 23.5. The quantitative estimate of drug-likeness (QED) is 0.462. The molecule has 0 bridgehead atoms. The van der Waals surface area contributed by atoms with Gasteiger partial charge in [0.25, 0.3) is 0 Å². The third-order valence-corrected chi connectivity index (χ3v) is 10.3. The van der Waals surface area contributed by atoms with Crippen molar-refractivity contribution in [3.05, 3.63) is 23.8 Å². The van der Waals surface area contributed by atoms with Crippen LogP contribution in [0.3, 0.4) is 0 Å². The highest BCUT2D eigenvalue weighted by molar-refractivity contribution is 6.01. The summed E-state index contributed by atoms with van der Waals surface area (Å²) >= 11 is 0. The molecular formula is C30H45NO6. The van der Waals surface area contributed by atoms with Crippen LogP contribution >= 0.6 is 0 Å². The average Bonchev–Trinajstić information content (AvgIpc) is 2.97. The summed E-state index contributed by atoms with van der Waals surface area (Å²) in [6.07, 6.45) is 7.42. The van der Waals surface area contributed by atoms with Crippen LogP contribution in [0.15, 0.2) is 23.8 Å². The number of aliphatic hydroxyl groups excluding tert-OH is 1. The Morgan fingerprint density at radius 1 is 1.22 bits per heavy atom. The second-order valence-electron chi connectivity index (χ2n) is 14.2. The molecule has 3 fully saturated rings. The van der Waals surface area contributed by atoms with Crippen molar-refractivity contribution in [1.29, 1.82) is 0 Å². The van der Waals surface area contributed by atoms with E-state index >= 15 is 0 Å². The van der Waals surface area contributed by atoms with Crippen molar-refractivity contribution in [3.8, 4) is 0 Å². The van der Waals surface area contributed by atoms with Gasteiger partial charge in [-0.25, -0.2) is 0 Å². The fourth-order valence-corrected chi connectivity index (χ4v) is 8.90. The summed E-state index contributed by atoms with van der Waals surface area (Å²) < 4.78 is 5.48. The Kier molecular flexibility index (Phi) is 6.74. The largest absolute Gasteiger partial charge is 0.457 e. The van der Waals surface area contributed by atoms with Gasteiger partial charge in [0.2, 0.25) is 5.78 Å². The maximum Gasteiger partial charge on any atom is 0.312 e. The van der Waals surface area contributed by atoms with Gasteiger partial charge in [0.05, 0.1) is 11.5 Å². The Bertz CT molecular complexity index is 1050. The second-order valence-corrected chi connectivity index (χ2v) is 14.2. The van der Waals surface area contributed by atoms with E-state index in [1.54, 1.807) is 26.0 Å². The number of nitrogens with two attached hydrogens (primary N) is 1. The molecule has 3 saturated carbocycles. The van der Waals surface area contributed by atoms with Gasteiger partial charge in [0.15, 0.2) is 12.4 Å². The number of aliphatic hydroxyl groups is 2. The van der Waals surface area contributed by atoms with Gasteiger partial charge in [-0.15, -0.1) is 0 Å². The van der Waals surface area contributed by atoms with Crippen molar-refractivity contribution in [2.24, 2.45) is 45.7 Å². The first-order valence-electron chi connectivity index (χ1n) is 13.7. The molecule has 0 spiro atoms. The van der Waals surface area contributed by atoms with Crippen LogP contribution in [-0.4, -0.2) is 51.6 Å². The normalized spacial score (nSPS) is 41.4. The highest BCUT2D eigenvalue weighted by Crippen LogP contribution is 2.68. The Balaban J connectivity index is 1.57. The van der Waals surface area contributed by atoms with E-state index in [2.05, 4.69) is 6.92 Å². The van der Waals surface area contributed by atoms with Gasteiger partial charge < -0.3 is 20.7 Å². The topological polar surface area (TPSA) is 127 Å². The minimum Gasteiger partial charge on any atom is -0.457 e. The highest BCUT2D eigenvalue weighted by Gasteiger charge is 2.70. The Morgan fingerprint density at radius 2 is 1.86 bits per heavy atom. The van der Waals surface area contributed by atoms with Gasteiger partial charge in [0.1, 0.15) is 5.60 Å². The summed E-state index contributed by atoms with van der Waals surface area (Å²) in [6.45, 7) is 12.6. The van der Waals surface area contributed by atoms with E-state index in [4.69, 9.17) is 10.5 Å². The molecule has 7 heteroatoms. The summed E-state index contributed by atoms with van der Waals surface area (Å²) in [4.78, 5) is 38.6. The lowest BCUT2D eigenvalue weighted by Gasteiger charge is -2.59. The first kappa shape index (κ1) is 28.2. The maximum atomic E-state index is 13.7. The first-order chi connectivity index (χ1) is 16.9. The molecule has 4 aliphatic carbocycles. The van der Waals surface area contributed by atoms with Gasteiger partial charge in [-0.05, 0) is 89.7 Å². The number of esters is 1. The minimum atomic E-state index is -1.71. The van der Waals surface area contributed by atoms with E-state index < -0.39 is 51.8 Å². The van der Waals surface area contributed by atoms with Gasteiger partial charge >= 0.3 is 5.97 Å². The van der Waals surface area contributed by atoms with Crippen LogP contribution in [0.4, 0.5) is 0 Å². The molecule has 0 aromatic carbocycles. The third-order valence-electron chi connectivity index (χ3n) is 10.3. The number of carbonyl (C=O) groups excluding carboxylic acids is 3. The van der Waals surface area contributed by atoms with E-state index in [0.717, 1.165) is 18.4 Å². The molecule has 0 aliphatic heterocycles. The predicted molar refractivity (Wildman–Crippen MR) is 140 cm³/mol. The van der Waals surface area contributed by atoms with E-state index in [1.807, 2.05) is 33.8 Å². The van der Waals surface area contributed by atoms with Crippen molar-refractivity contribution in [2.45, 2.75) is 97.8 Å². The van der Waals surface area contributed by atoms with Crippen molar-refractivity contribution in [1.82, 2.24) is 0 Å². The third kappa shape index (κ3) is 4.35. The summed E-state index contributed by atoms with van der Waals surface area (Å²) in [6, 6.07) is 0. The number of allylic oxidation sites excluding steroid dienone is 4. The van der Waals surface area contributed by atoms with Crippen molar-refractivity contribution in [2.75, 3.05) is 6.61 Å². The number of hydrogen-bond acceptors (Lipinski definition) is 7. The van der Waals surface area contributed by atoms with Crippen LogP contribution in [0.2, 0.25) is 0 Å². The smallest absolute Gasteiger partial charge is 0.312 e. The van der Waals surface area contributed by atoms with Crippen molar-refractivity contribution < 1.29 is 29.3 Å². The standard InChI is InChI=1S/C30H45NO6/c1-17-12-21-20-9-8-18-13-19(32)10-11-28(18,6)24(20)22(33)14-29(21,7)30(17,36)23(34)15-37-25(35)26(2,3)16-27(4,5)31/h10-11,13,17,20-22,24,33,36H,8-9,12,14-16,31H2,1-7H3/t17-,20?,21?,22?,24?,28?,29?,30+/m1/s1. The summed E-state index contributed by atoms with van der Waals surface area (Å²) in [7, 11) is 0. The van der Waals surface area contributed by atoms with Crippen LogP contribution in [0.25, 0.3) is 0 Å². The van der Waals surface area contributed by atoms with E-state index in [-0.39, 0.29) is 35.9 Å². The lowest BCUT2D eigenvalue weighted by molar-refractivity contribution is -0.187. The number of rotatable bonds is 6. The molecule has 0 saturated heterocycles. The number of ether oxygens (including phenoxy) is 1. The molecular weight excluding hydrogens is 470 g/mol. The van der Waals surface area contributed by atoms with Gasteiger partial charge in [0, 0.05) is 22.3 Å². The van der Waals surface area contributed by atoms with Crippen LogP contribution in [0.1, 0.15) is 80.6 Å². The minimum absolute atomic E-state index is 0.0109. The van der Waals surface area contributed by atoms with E-state index in [9.17, 15) is 24.6 Å². The van der Waals surface area contributed by atoms with Gasteiger partial charge in [-0.3, -0.25) is 14.4 Å². The van der Waals surface area contributed by atoms with Crippen LogP contribution in [-0.2, 0) is 19.1 Å². The highest BCUT2D eigenvalue weighted by atomic mass is 16.5. The molecule has 206 valence electrons. The number of hydrogen-bond donors (Lipinski definition) is 3. The molecule has 4 N–H and O–H groups in total. The number of Topliss-reactive ketones (excluding diaryl/α,β-unsaturated/α-hetero) is 1. The Hall–Kier alpha value is -1.83. The van der Waals surface area contributed by atoms with Crippen LogP contribution < -0.4 is 5.73 Å². The van der Waals surface area contributed by atoms with E-state index in [0.29, 0.717) is 12.8 Å². The molecule has 0 aromatic rings. The molecule has 4 rings (SSSR count). The fourth-order valence-electron chi connectivity index (χ4n) is 8.90. The maximum absolute atomic E-state index is 13.7. The summed E-state index contributed by atoms with van der Waals surface area (Å²) in [5, 5.41) is 23.6. The summed E-state index contributed by atoms with van der Waals surface area (Å²) in [5.74, 6) is -1.33. The zero-order valence-corrected chi connectivity index (χ0v) is 23.5. The molecule has 0 amide bonds. The van der Waals surface area contributed by atoms with Gasteiger partial charge in [-0.1, -0.05) is 32.4 Å². The SMILES string of the molecule is C[C@@H]1CC2C3CCC4=CC(=O)C=CC4(C)C3C(O)CC2(C)[C@@]1(O)C(=O)COC(=O)C(C)(C)CC(C)(C)N. The van der Waals surface area contributed by atoms with Gasteiger partial charge in [-0.2, -0.15) is 0 Å². The molecule has 8 atom stereocenters. The molecule has 7 nitrogen and oxygen atoms in total. The van der Waals surface area contributed by atoms with Crippen LogP contribution in [0, 0.1) is 39.9 Å². The molecule has 0 radical (unpaired) electrons. The molecule has 6 unspecified atom stereocenters. The predicted octanol–water partition coefficient (Wildman–Crippen LogP) is 3.51. The molecule has 0 heterocycles. The van der Waals surface area contributed by atoms with Crippen molar-refractivity contribution in [3.63, 3.8) is 0 Å². The second kappa shape index (κ2) is 8.85. The first-order valence-corrected chi connectivity index (χ1v) is 13.7. The number of fused-ring (bicyclic) bond motifs is 5. The van der Waals surface area contributed by atoms with Crippen molar-refractivity contribution >= 4 is 17.5 Å².